The van der Waals surface area contributed by atoms with Gasteiger partial charge in [0, 0.05) is 14.2 Å². The SMILES string of the molecule is C=CCCCCCCCC(C)(C)C.C=CCCCCCCCC(C)(C)C.C=CCCCCCCCC(C)(C)O.C=CCCCCCCCC(C)(C)O.C=CCCCCCCCCC(C)(C)C.C=CCCCCCCCCC(C)(C)O.C=CCCCCCCCCC(C)(C)O.C=CCCCCCCCCC(C)(C)O.COC(C)CCCCCCCC(C)(C)C.COC(C)CCCCCCCC(C)(C)O. The van der Waals surface area contributed by atoms with Crippen LogP contribution in [0.4, 0.5) is 0 Å². The molecule has 0 aromatic carbocycles. The van der Waals surface area contributed by atoms with Gasteiger partial charge in [-0.05, 0) is 298 Å². The molecule has 8 heteroatoms. The molecule has 0 saturated carbocycles. The number of unbranched alkanes of at least 4 members (excludes halogenated alkanes) is 52. The number of methoxy groups -OCH3 is 2. The molecule has 8 nitrogen and oxygen atoms in total. The number of aliphatic hydroxyl groups is 6. The first-order valence-corrected chi connectivity index (χ1v) is 58.7. The van der Waals surface area contributed by atoms with Crippen molar-refractivity contribution in [2.45, 2.75) is 701 Å². The summed E-state index contributed by atoms with van der Waals surface area (Å²) >= 11 is 0. The molecule has 0 aromatic rings. The molecule has 832 valence electrons. The Balaban J connectivity index is -0.000000165. The third-order valence-electron chi connectivity index (χ3n) is 24.7. The first kappa shape index (κ1) is 156. The average molecular weight is 1960 g/mol. The van der Waals surface area contributed by atoms with E-state index in [4.69, 9.17) is 9.47 Å². The van der Waals surface area contributed by atoms with Crippen LogP contribution in [0.25, 0.3) is 0 Å². The zero-order valence-electron chi connectivity index (χ0n) is 100. The third kappa shape index (κ3) is 203. The van der Waals surface area contributed by atoms with Crippen molar-refractivity contribution in [2.24, 2.45) is 21.7 Å². The zero-order valence-corrected chi connectivity index (χ0v) is 100. The second-order valence-corrected chi connectivity index (χ2v) is 50.0. The Bertz CT molecular complexity index is 2080. The summed E-state index contributed by atoms with van der Waals surface area (Å²) in [6, 6.07) is 0. The van der Waals surface area contributed by atoms with E-state index in [1.165, 1.54) is 366 Å². The van der Waals surface area contributed by atoms with Crippen LogP contribution < -0.4 is 0 Å². The molecule has 0 aliphatic carbocycles. The maximum atomic E-state index is 9.51. The van der Waals surface area contributed by atoms with E-state index in [1.54, 1.807) is 14.2 Å². The van der Waals surface area contributed by atoms with Crippen LogP contribution in [0.15, 0.2) is 101 Å². The Morgan fingerprint density at radius 1 is 0.159 bits per heavy atom. The first-order valence-electron chi connectivity index (χ1n) is 58.7. The summed E-state index contributed by atoms with van der Waals surface area (Å²) in [6.45, 7) is 84.5. The van der Waals surface area contributed by atoms with Crippen molar-refractivity contribution in [1.82, 2.24) is 0 Å². The molecule has 0 heterocycles. The normalized spacial score (nSPS) is 12.2. The highest BCUT2D eigenvalue weighted by molar-refractivity contribution is 4.76. The smallest absolute Gasteiger partial charge is 0.0591 e. The molecule has 6 N–H and O–H groups in total. The van der Waals surface area contributed by atoms with Gasteiger partial charge in [-0.3, -0.25) is 0 Å². The summed E-state index contributed by atoms with van der Waals surface area (Å²) in [6.07, 6.45) is 111. The summed E-state index contributed by atoms with van der Waals surface area (Å²) in [5.74, 6) is 0. The Kier molecular flexibility index (Phi) is 124. The molecule has 2 atom stereocenters. The van der Waals surface area contributed by atoms with Crippen molar-refractivity contribution >= 4 is 0 Å². The van der Waals surface area contributed by atoms with Gasteiger partial charge in [0.25, 0.3) is 0 Å². The average Bonchev–Trinajstić information content (AvgIpc) is 1.04. The molecule has 0 fully saturated rings. The fraction of sp³-hybridized carbons (Fsp3) is 0.877. The lowest BCUT2D eigenvalue weighted by molar-refractivity contribution is 0.0673. The number of rotatable bonds is 82. The van der Waals surface area contributed by atoms with E-state index in [2.05, 4.69) is 150 Å². The van der Waals surface area contributed by atoms with Gasteiger partial charge in [-0.25, -0.2) is 0 Å². The van der Waals surface area contributed by atoms with Gasteiger partial charge >= 0.3 is 0 Å². The van der Waals surface area contributed by atoms with Crippen molar-refractivity contribution in [1.29, 1.82) is 0 Å². The Morgan fingerprint density at radius 3 is 0.348 bits per heavy atom. The van der Waals surface area contributed by atoms with Gasteiger partial charge in [0.2, 0.25) is 0 Å². The van der Waals surface area contributed by atoms with E-state index in [9.17, 15) is 30.6 Å². The van der Waals surface area contributed by atoms with Crippen molar-refractivity contribution in [2.75, 3.05) is 14.2 Å². The van der Waals surface area contributed by atoms with Crippen LogP contribution in [0.5, 0.6) is 0 Å². The van der Waals surface area contributed by atoms with Crippen LogP contribution in [-0.2, 0) is 9.47 Å². The van der Waals surface area contributed by atoms with Gasteiger partial charge in [0.15, 0.2) is 0 Å². The molecule has 0 aliphatic rings. The summed E-state index contributed by atoms with van der Waals surface area (Å²) < 4.78 is 10.4. The number of ether oxygens (including phenoxy) is 2. The molecule has 138 heavy (non-hydrogen) atoms. The summed E-state index contributed by atoms with van der Waals surface area (Å²) in [4.78, 5) is 0. The Labute approximate surface area is 872 Å². The zero-order chi connectivity index (χ0) is 108. The fourth-order valence-electron chi connectivity index (χ4n) is 15.4. The molecule has 0 radical (unpaired) electrons. The van der Waals surface area contributed by atoms with Gasteiger partial charge in [-0.2, -0.15) is 0 Å². The quantitative estimate of drug-likeness (QED) is 0.0261. The van der Waals surface area contributed by atoms with E-state index in [-0.39, 0.29) is 0 Å². The number of allylic oxidation sites excluding steroid dienone is 8. The van der Waals surface area contributed by atoms with Gasteiger partial charge in [-0.15, -0.1) is 52.6 Å². The van der Waals surface area contributed by atoms with Crippen LogP contribution in [0.3, 0.4) is 0 Å². The first-order chi connectivity index (χ1) is 64.4. The molecule has 0 amide bonds. The highest BCUT2D eigenvalue weighted by Gasteiger charge is 2.18. The Hall–Kier alpha value is -2.40. The minimum absolute atomic E-state index is 0.404. The van der Waals surface area contributed by atoms with Crippen LogP contribution in [-0.4, -0.2) is 90.7 Å². The van der Waals surface area contributed by atoms with Crippen LogP contribution >= 0.6 is 0 Å². The molecule has 0 aromatic heterocycles. The van der Waals surface area contributed by atoms with E-state index in [1.807, 2.05) is 132 Å². The second-order valence-electron chi connectivity index (χ2n) is 50.0. The lowest BCUT2D eigenvalue weighted by atomic mass is 9.89. The van der Waals surface area contributed by atoms with Gasteiger partial charge < -0.3 is 40.1 Å². The van der Waals surface area contributed by atoms with E-state index in [0.29, 0.717) is 33.9 Å². The highest BCUT2D eigenvalue weighted by Crippen LogP contribution is 2.29. The summed E-state index contributed by atoms with van der Waals surface area (Å²) in [7, 11) is 3.57. The Morgan fingerprint density at radius 2 is 0.254 bits per heavy atom. The molecule has 0 aliphatic heterocycles. The van der Waals surface area contributed by atoms with E-state index in [0.717, 1.165) is 109 Å². The lowest BCUT2D eigenvalue weighted by Gasteiger charge is -2.17. The molecule has 0 rings (SSSR count). The van der Waals surface area contributed by atoms with Crippen LogP contribution in [0.2, 0.25) is 0 Å². The number of hydrogen-bond acceptors (Lipinski definition) is 8. The lowest BCUT2D eigenvalue weighted by Crippen LogP contribution is -2.17. The van der Waals surface area contributed by atoms with E-state index >= 15 is 0 Å². The van der Waals surface area contributed by atoms with Crippen LogP contribution in [0.1, 0.15) is 655 Å². The largest absolute Gasteiger partial charge is 0.390 e. The maximum Gasteiger partial charge on any atom is 0.0591 e. The van der Waals surface area contributed by atoms with Gasteiger partial charge in [-0.1, -0.05) is 427 Å². The molecule has 0 bridgehead atoms. The minimum atomic E-state index is -0.482. The van der Waals surface area contributed by atoms with Crippen LogP contribution in [0, 0.1) is 21.7 Å². The monoisotopic (exact) mass is 1950 g/mol. The predicted octanol–water partition coefficient (Wildman–Crippen LogP) is 43.1. The second kappa shape index (κ2) is 110. The maximum absolute atomic E-state index is 9.51. The molecular weight excluding hydrogens is 1690 g/mol. The van der Waals surface area contributed by atoms with Gasteiger partial charge in [0.1, 0.15) is 0 Å². The van der Waals surface area contributed by atoms with E-state index < -0.39 is 33.6 Å². The number of hydrogen-bond donors (Lipinski definition) is 6. The fourth-order valence-corrected chi connectivity index (χ4v) is 15.4. The highest BCUT2D eigenvalue weighted by atomic mass is 16.5. The van der Waals surface area contributed by atoms with Crippen molar-refractivity contribution < 1.29 is 40.1 Å². The summed E-state index contributed by atoms with van der Waals surface area (Å²) in [5.41, 5.74) is -0.725. The molecule has 2 unspecified atom stereocenters. The standard InChI is InChI=1S/C14H30O.C14H28.C13H28O2.3C13H26O.2C13H26.2C12H24O/c1-13(15-5)11-9-7-6-8-10-12-14(2,3)4;1-5-6-7-8-9-10-11-12-13-14(2,3)4;1-12(15-4)10-8-6-5-7-9-11-13(2,3)14;3*1-4-5-6-7-8-9-10-11-12-13(2,3)14;2*1-5-6-7-8-9-10-11-12-13(2,3)4;2*1-4-5-6-7-8-9-10-11-12(2,3)13/h13H,6-12H2,1-5H3;5H,1,6-13H2,2-4H3;12,14H,5-11H2,1-4H3;3*4,14H,1,5-12H2,2-3H3;2*5H,1,6-12H2,2-4H3;2*4,13H,1,5-11H2,2-3H3. The van der Waals surface area contributed by atoms with Crippen molar-refractivity contribution in [3.63, 3.8) is 0 Å². The summed E-state index contributed by atoms with van der Waals surface area (Å²) in [5, 5.41) is 56.8. The molecule has 0 spiro atoms. The minimum Gasteiger partial charge on any atom is -0.390 e. The van der Waals surface area contributed by atoms with Crippen molar-refractivity contribution in [3.05, 3.63) is 101 Å². The predicted molar refractivity (Wildman–Crippen MR) is 632 cm³/mol. The topological polar surface area (TPSA) is 140 Å². The van der Waals surface area contributed by atoms with Gasteiger partial charge in [0.05, 0.1) is 45.8 Å². The molecular formula is C130H264O8. The van der Waals surface area contributed by atoms with Crippen molar-refractivity contribution in [3.8, 4) is 0 Å². The third-order valence-corrected chi connectivity index (χ3v) is 24.7. The molecule has 0 saturated heterocycles.